The van der Waals surface area contributed by atoms with Gasteiger partial charge >= 0.3 is 0 Å². The second-order valence-electron chi connectivity index (χ2n) is 4.16. The highest BCUT2D eigenvalue weighted by Crippen LogP contribution is 2.25. The van der Waals surface area contributed by atoms with Crippen molar-refractivity contribution in [1.29, 1.82) is 0 Å². The average molecular weight is 284 g/mol. The molecule has 1 aromatic rings. The van der Waals surface area contributed by atoms with Crippen LogP contribution in [0.25, 0.3) is 0 Å². The van der Waals surface area contributed by atoms with Gasteiger partial charge in [-0.3, -0.25) is 4.79 Å². The zero-order valence-electron chi connectivity index (χ0n) is 11.3. The van der Waals surface area contributed by atoms with Gasteiger partial charge in [-0.05, 0) is 32.0 Å². The Morgan fingerprint density at radius 1 is 1.47 bits per heavy atom. The second kappa shape index (κ2) is 8.19. The zero-order valence-corrected chi connectivity index (χ0v) is 12.1. The predicted molar refractivity (Wildman–Crippen MR) is 76.9 cm³/mol. The van der Waals surface area contributed by atoms with Crippen LogP contribution in [0.2, 0.25) is 0 Å². The van der Waals surface area contributed by atoms with Gasteiger partial charge in [0.1, 0.15) is 5.75 Å². The largest absolute Gasteiger partial charge is 0.494 e. The van der Waals surface area contributed by atoms with E-state index in [9.17, 15) is 9.90 Å². The van der Waals surface area contributed by atoms with Crippen LogP contribution in [-0.4, -0.2) is 41.1 Å². The van der Waals surface area contributed by atoms with Crippen molar-refractivity contribution in [3.05, 3.63) is 29.3 Å². The van der Waals surface area contributed by atoms with Crippen molar-refractivity contribution in [2.75, 3.05) is 19.0 Å². The van der Waals surface area contributed by atoms with E-state index < -0.39 is 6.10 Å². The van der Waals surface area contributed by atoms with Crippen molar-refractivity contribution in [3.8, 4) is 5.75 Å². The van der Waals surface area contributed by atoms with Crippen molar-refractivity contribution < 1.29 is 19.7 Å². The first-order valence-corrected chi connectivity index (χ1v) is 7.37. The van der Waals surface area contributed by atoms with E-state index in [1.165, 1.54) is 18.7 Å². The van der Waals surface area contributed by atoms with E-state index >= 15 is 0 Å². The van der Waals surface area contributed by atoms with Crippen molar-refractivity contribution in [2.45, 2.75) is 25.7 Å². The molecule has 0 fully saturated rings. The molecule has 106 valence electrons. The fraction of sp³-hybridized carbons (Fsp3) is 0.500. The van der Waals surface area contributed by atoms with E-state index in [4.69, 9.17) is 9.84 Å². The van der Waals surface area contributed by atoms with E-state index in [1.54, 1.807) is 12.1 Å². The van der Waals surface area contributed by atoms with Crippen LogP contribution in [0.5, 0.6) is 5.75 Å². The molecule has 2 N–H and O–H groups in total. The van der Waals surface area contributed by atoms with Crippen LogP contribution < -0.4 is 4.74 Å². The number of carbonyl (C=O) groups is 1. The van der Waals surface area contributed by atoms with Gasteiger partial charge in [0.25, 0.3) is 0 Å². The number of benzene rings is 1. The second-order valence-corrected chi connectivity index (χ2v) is 5.19. The normalized spacial score (nSPS) is 12.2. The Hall–Kier alpha value is -1.04. The number of hydrogen-bond donors (Lipinski definition) is 2. The molecule has 0 aliphatic rings. The SMILES string of the molecule is CCOc1ccc(C(C)=O)cc1CSCC(O)CO. The topological polar surface area (TPSA) is 66.8 Å². The Morgan fingerprint density at radius 2 is 2.21 bits per heavy atom. The van der Waals surface area contributed by atoms with Crippen LogP contribution in [0, 0.1) is 0 Å². The van der Waals surface area contributed by atoms with Gasteiger partial charge < -0.3 is 14.9 Å². The summed E-state index contributed by atoms with van der Waals surface area (Å²) in [7, 11) is 0. The lowest BCUT2D eigenvalue weighted by molar-refractivity contribution is 0.101. The molecule has 0 heterocycles. The van der Waals surface area contributed by atoms with E-state index in [0.717, 1.165) is 11.3 Å². The quantitative estimate of drug-likeness (QED) is 0.713. The third kappa shape index (κ3) is 5.22. The fourth-order valence-electron chi connectivity index (χ4n) is 1.57. The van der Waals surface area contributed by atoms with E-state index in [0.29, 0.717) is 23.7 Å². The van der Waals surface area contributed by atoms with Crippen LogP contribution in [0.15, 0.2) is 18.2 Å². The van der Waals surface area contributed by atoms with Crippen molar-refractivity contribution in [2.24, 2.45) is 0 Å². The number of rotatable bonds is 8. The number of ketones is 1. The van der Waals surface area contributed by atoms with Crippen LogP contribution in [0.1, 0.15) is 29.8 Å². The van der Waals surface area contributed by atoms with Crippen LogP contribution in [0.4, 0.5) is 0 Å². The Kier molecular flexibility index (Phi) is 6.91. The molecule has 0 aliphatic heterocycles. The molecule has 1 aromatic carbocycles. The summed E-state index contributed by atoms with van der Waals surface area (Å²) in [6.45, 7) is 3.77. The molecule has 0 radical (unpaired) electrons. The molecule has 19 heavy (non-hydrogen) atoms. The minimum atomic E-state index is -0.712. The molecule has 0 bridgehead atoms. The third-order valence-electron chi connectivity index (χ3n) is 2.55. The Balaban J connectivity index is 2.76. The van der Waals surface area contributed by atoms with Gasteiger partial charge in [-0.2, -0.15) is 11.8 Å². The maximum absolute atomic E-state index is 11.4. The average Bonchev–Trinajstić information content (AvgIpc) is 2.40. The molecule has 0 aromatic heterocycles. The minimum Gasteiger partial charge on any atom is -0.494 e. The number of aliphatic hydroxyl groups excluding tert-OH is 2. The van der Waals surface area contributed by atoms with Crippen molar-refractivity contribution >= 4 is 17.5 Å². The van der Waals surface area contributed by atoms with Gasteiger partial charge in [0.15, 0.2) is 5.78 Å². The maximum Gasteiger partial charge on any atom is 0.159 e. The highest BCUT2D eigenvalue weighted by molar-refractivity contribution is 7.98. The van der Waals surface area contributed by atoms with Crippen molar-refractivity contribution in [3.63, 3.8) is 0 Å². The standard InChI is InChI=1S/C14H20O4S/c1-3-18-14-5-4-11(10(2)16)6-12(14)8-19-9-13(17)7-15/h4-6,13,15,17H,3,7-9H2,1-2H3. The summed E-state index contributed by atoms with van der Waals surface area (Å²) in [5.41, 5.74) is 1.59. The number of hydrogen-bond acceptors (Lipinski definition) is 5. The van der Waals surface area contributed by atoms with Gasteiger partial charge in [-0.15, -0.1) is 0 Å². The van der Waals surface area contributed by atoms with Gasteiger partial charge in [0.2, 0.25) is 0 Å². The Bertz CT molecular complexity index is 420. The molecule has 0 saturated heterocycles. The molecule has 0 saturated carbocycles. The molecular weight excluding hydrogens is 264 g/mol. The lowest BCUT2D eigenvalue weighted by atomic mass is 10.1. The number of Topliss-reactive ketones (excluding diaryl/α,β-unsaturated/α-hetero) is 1. The van der Waals surface area contributed by atoms with E-state index in [-0.39, 0.29) is 12.4 Å². The van der Waals surface area contributed by atoms with Gasteiger partial charge in [0.05, 0.1) is 19.3 Å². The molecule has 1 atom stereocenters. The number of aliphatic hydroxyl groups is 2. The van der Waals surface area contributed by atoms with Crippen LogP contribution >= 0.6 is 11.8 Å². The van der Waals surface area contributed by atoms with E-state index in [2.05, 4.69) is 0 Å². The monoisotopic (exact) mass is 284 g/mol. The minimum absolute atomic E-state index is 0.0182. The van der Waals surface area contributed by atoms with Crippen LogP contribution in [0.3, 0.4) is 0 Å². The summed E-state index contributed by atoms with van der Waals surface area (Å²) in [6, 6.07) is 5.38. The summed E-state index contributed by atoms with van der Waals surface area (Å²) in [6.07, 6.45) is -0.712. The lowest BCUT2D eigenvalue weighted by Crippen LogP contribution is -2.14. The number of ether oxygens (including phenoxy) is 1. The first-order valence-electron chi connectivity index (χ1n) is 6.21. The summed E-state index contributed by atoms with van der Waals surface area (Å²) >= 11 is 1.50. The molecule has 1 unspecified atom stereocenters. The van der Waals surface area contributed by atoms with Crippen molar-refractivity contribution in [1.82, 2.24) is 0 Å². The molecule has 5 heteroatoms. The summed E-state index contributed by atoms with van der Waals surface area (Å²) in [5.74, 6) is 1.86. The zero-order chi connectivity index (χ0) is 14.3. The first kappa shape index (κ1) is 16.0. The Morgan fingerprint density at radius 3 is 2.79 bits per heavy atom. The smallest absolute Gasteiger partial charge is 0.159 e. The molecule has 0 spiro atoms. The molecule has 4 nitrogen and oxygen atoms in total. The maximum atomic E-state index is 11.4. The molecule has 0 amide bonds. The van der Waals surface area contributed by atoms with Gasteiger partial charge in [-0.1, -0.05) is 0 Å². The summed E-state index contributed by atoms with van der Waals surface area (Å²) < 4.78 is 5.52. The van der Waals surface area contributed by atoms with Crippen LogP contribution in [-0.2, 0) is 5.75 Å². The highest BCUT2D eigenvalue weighted by atomic mass is 32.2. The lowest BCUT2D eigenvalue weighted by Gasteiger charge is -2.12. The molecular formula is C14H20O4S. The highest BCUT2D eigenvalue weighted by Gasteiger charge is 2.09. The molecule has 0 aliphatic carbocycles. The van der Waals surface area contributed by atoms with E-state index in [1.807, 2.05) is 13.0 Å². The third-order valence-corrected chi connectivity index (χ3v) is 3.68. The summed E-state index contributed by atoms with van der Waals surface area (Å²) in [4.78, 5) is 11.4. The van der Waals surface area contributed by atoms with Gasteiger partial charge in [0, 0.05) is 22.6 Å². The predicted octanol–water partition coefficient (Wildman–Crippen LogP) is 1.87. The first-order chi connectivity index (χ1) is 9.08. The van der Waals surface area contributed by atoms with Gasteiger partial charge in [-0.25, -0.2) is 0 Å². The number of thioether (sulfide) groups is 1. The summed E-state index contributed by atoms with van der Waals surface area (Å²) in [5, 5.41) is 18.1. The molecule has 1 rings (SSSR count). The fourth-order valence-corrected chi connectivity index (χ4v) is 2.51. The number of carbonyl (C=O) groups excluding carboxylic acids is 1. The Labute approximate surface area is 117 Å².